The first-order valence-corrected chi connectivity index (χ1v) is 4.54. The van der Waals surface area contributed by atoms with Crippen molar-refractivity contribution in [1.29, 1.82) is 0 Å². The van der Waals surface area contributed by atoms with Gasteiger partial charge in [-0.25, -0.2) is 0 Å². The number of hydrogen-bond acceptors (Lipinski definition) is 2. The first kappa shape index (κ1) is 8.29. The molecular weight excluding hydrogens is 166 g/mol. The molecule has 0 saturated carbocycles. The summed E-state index contributed by atoms with van der Waals surface area (Å²) in [5.41, 5.74) is 8.00. The summed E-state index contributed by atoms with van der Waals surface area (Å²) >= 11 is 0. The topological polar surface area (TPSA) is 60.9 Å². The third kappa shape index (κ3) is 1.22. The molecule has 1 aromatic rings. The van der Waals surface area contributed by atoms with E-state index in [1.54, 1.807) is 11.7 Å². The van der Waals surface area contributed by atoms with Crippen molar-refractivity contribution in [1.82, 2.24) is 9.78 Å². The van der Waals surface area contributed by atoms with E-state index in [4.69, 9.17) is 5.73 Å². The van der Waals surface area contributed by atoms with Crippen molar-refractivity contribution in [3.63, 3.8) is 0 Å². The number of aromatic nitrogens is 2. The predicted molar refractivity (Wildman–Crippen MR) is 48.4 cm³/mol. The molecule has 1 aliphatic carbocycles. The summed E-state index contributed by atoms with van der Waals surface area (Å²) in [6, 6.07) is 0. The van der Waals surface area contributed by atoms with Crippen molar-refractivity contribution >= 4 is 5.91 Å². The van der Waals surface area contributed by atoms with Crippen molar-refractivity contribution in [3.8, 4) is 0 Å². The highest BCUT2D eigenvalue weighted by molar-refractivity contribution is 5.92. The Morgan fingerprint density at radius 3 is 2.85 bits per heavy atom. The van der Waals surface area contributed by atoms with Gasteiger partial charge >= 0.3 is 0 Å². The van der Waals surface area contributed by atoms with Crippen LogP contribution in [-0.2, 0) is 19.9 Å². The first-order chi connectivity index (χ1) is 6.20. The molecule has 0 spiro atoms. The van der Waals surface area contributed by atoms with Gasteiger partial charge in [-0.2, -0.15) is 5.10 Å². The fourth-order valence-corrected chi connectivity index (χ4v) is 1.99. The number of nitrogens with zero attached hydrogens (tertiary/aromatic N) is 2. The SMILES string of the molecule is Cn1nc2c(c1C(N)=O)CCCC2. The monoisotopic (exact) mass is 179 g/mol. The van der Waals surface area contributed by atoms with Gasteiger partial charge in [-0.05, 0) is 25.7 Å². The zero-order chi connectivity index (χ0) is 9.42. The Bertz CT molecular complexity index is 354. The van der Waals surface area contributed by atoms with Gasteiger partial charge < -0.3 is 5.73 Å². The van der Waals surface area contributed by atoms with Gasteiger partial charge in [0.1, 0.15) is 5.69 Å². The Kier molecular flexibility index (Phi) is 1.83. The van der Waals surface area contributed by atoms with E-state index in [-0.39, 0.29) is 5.91 Å². The predicted octanol–water partition coefficient (Wildman–Crippen LogP) is 0.398. The van der Waals surface area contributed by atoms with Crippen LogP contribution >= 0.6 is 0 Å². The minimum atomic E-state index is -0.363. The van der Waals surface area contributed by atoms with Crippen LogP contribution in [0.2, 0.25) is 0 Å². The number of carbonyl (C=O) groups excluding carboxylic acids is 1. The number of carbonyl (C=O) groups is 1. The maximum atomic E-state index is 11.1. The lowest BCUT2D eigenvalue weighted by molar-refractivity contribution is 0.0990. The lowest BCUT2D eigenvalue weighted by Crippen LogP contribution is -2.18. The second-order valence-electron chi connectivity index (χ2n) is 3.47. The van der Waals surface area contributed by atoms with Gasteiger partial charge in [-0.3, -0.25) is 9.48 Å². The molecule has 0 atom stereocenters. The molecule has 70 valence electrons. The molecule has 4 heteroatoms. The maximum absolute atomic E-state index is 11.1. The average Bonchev–Trinajstić information content (AvgIpc) is 2.39. The smallest absolute Gasteiger partial charge is 0.267 e. The molecule has 13 heavy (non-hydrogen) atoms. The van der Waals surface area contributed by atoms with Crippen LogP contribution in [-0.4, -0.2) is 15.7 Å². The van der Waals surface area contributed by atoms with Crippen LogP contribution in [0.15, 0.2) is 0 Å². The summed E-state index contributed by atoms with van der Waals surface area (Å²) in [5, 5.41) is 4.29. The van der Waals surface area contributed by atoms with Crippen molar-refractivity contribution in [2.24, 2.45) is 12.8 Å². The van der Waals surface area contributed by atoms with E-state index < -0.39 is 0 Å². The molecule has 0 aliphatic heterocycles. The largest absolute Gasteiger partial charge is 0.364 e. The van der Waals surface area contributed by atoms with Crippen LogP contribution in [0.3, 0.4) is 0 Å². The average molecular weight is 179 g/mol. The quantitative estimate of drug-likeness (QED) is 0.678. The summed E-state index contributed by atoms with van der Waals surface area (Å²) in [5.74, 6) is -0.363. The van der Waals surface area contributed by atoms with Crippen LogP contribution in [0.5, 0.6) is 0 Å². The minimum absolute atomic E-state index is 0.363. The summed E-state index contributed by atoms with van der Waals surface area (Å²) in [7, 11) is 1.78. The number of aryl methyl sites for hydroxylation is 2. The Morgan fingerprint density at radius 2 is 2.15 bits per heavy atom. The Labute approximate surface area is 76.7 Å². The van der Waals surface area contributed by atoms with Gasteiger partial charge in [0.05, 0.1) is 5.69 Å². The molecule has 4 nitrogen and oxygen atoms in total. The molecule has 1 heterocycles. The van der Waals surface area contributed by atoms with Crippen LogP contribution in [0.4, 0.5) is 0 Å². The van der Waals surface area contributed by atoms with E-state index in [0.717, 1.165) is 30.5 Å². The van der Waals surface area contributed by atoms with Gasteiger partial charge in [0.2, 0.25) is 0 Å². The van der Waals surface area contributed by atoms with E-state index in [2.05, 4.69) is 5.10 Å². The number of nitrogens with two attached hydrogens (primary N) is 1. The van der Waals surface area contributed by atoms with Gasteiger partial charge in [0.25, 0.3) is 5.91 Å². The van der Waals surface area contributed by atoms with E-state index in [9.17, 15) is 4.79 Å². The standard InChI is InChI=1S/C9H13N3O/c1-12-8(9(10)13)6-4-2-3-5-7(6)11-12/h2-5H2,1H3,(H2,10,13). The molecule has 1 aromatic heterocycles. The zero-order valence-corrected chi connectivity index (χ0v) is 7.71. The number of fused-ring (bicyclic) bond motifs is 1. The molecule has 0 bridgehead atoms. The second kappa shape index (κ2) is 2.87. The summed E-state index contributed by atoms with van der Waals surface area (Å²) in [4.78, 5) is 11.1. The highest BCUT2D eigenvalue weighted by Crippen LogP contribution is 2.22. The third-order valence-electron chi connectivity index (χ3n) is 2.55. The third-order valence-corrected chi connectivity index (χ3v) is 2.55. The van der Waals surface area contributed by atoms with E-state index in [0.29, 0.717) is 5.69 Å². The van der Waals surface area contributed by atoms with Crippen LogP contribution < -0.4 is 5.73 Å². The number of rotatable bonds is 1. The fourth-order valence-electron chi connectivity index (χ4n) is 1.99. The molecule has 1 aliphatic rings. The molecule has 0 radical (unpaired) electrons. The Balaban J connectivity index is 2.54. The number of hydrogen-bond donors (Lipinski definition) is 1. The molecule has 2 rings (SSSR count). The van der Waals surface area contributed by atoms with Crippen molar-refractivity contribution < 1.29 is 4.79 Å². The minimum Gasteiger partial charge on any atom is -0.364 e. The van der Waals surface area contributed by atoms with Crippen LogP contribution in [0.1, 0.15) is 34.6 Å². The molecule has 0 saturated heterocycles. The number of amides is 1. The highest BCUT2D eigenvalue weighted by Gasteiger charge is 2.21. The van der Waals surface area contributed by atoms with E-state index in [1.807, 2.05) is 0 Å². The zero-order valence-electron chi connectivity index (χ0n) is 7.71. The lowest BCUT2D eigenvalue weighted by Gasteiger charge is -2.09. The van der Waals surface area contributed by atoms with Crippen molar-refractivity contribution in [2.45, 2.75) is 25.7 Å². The van der Waals surface area contributed by atoms with Gasteiger partial charge in [0.15, 0.2) is 0 Å². The van der Waals surface area contributed by atoms with E-state index in [1.165, 1.54) is 6.42 Å². The van der Waals surface area contributed by atoms with Crippen molar-refractivity contribution in [3.05, 3.63) is 17.0 Å². The molecule has 2 N–H and O–H groups in total. The Morgan fingerprint density at radius 1 is 1.46 bits per heavy atom. The normalized spacial score (nSPS) is 15.5. The van der Waals surface area contributed by atoms with Gasteiger partial charge in [0, 0.05) is 12.6 Å². The molecule has 0 unspecified atom stereocenters. The summed E-state index contributed by atoms with van der Waals surface area (Å²) in [6.45, 7) is 0. The molecule has 1 amide bonds. The fraction of sp³-hybridized carbons (Fsp3) is 0.556. The highest BCUT2D eigenvalue weighted by atomic mass is 16.1. The lowest BCUT2D eigenvalue weighted by atomic mass is 9.96. The molecule has 0 fully saturated rings. The maximum Gasteiger partial charge on any atom is 0.267 e. The summed E-state index contributed by atoms with van der Waals surface area (Å²) < 4.78 is 1.61. The van der Waals surface area contributed by atoms with E-state index >= 15 is 0 Å². The second-order valence-corrected chi connectivity index (χ2v) is 3.47. The van der Waals surface area contributed by atoms with Gasteiger partial charge in [-0.15, -0.1) is 0 Å². The van der Waals surface area contributed by atoms with Crippen LogP contribution in [0.25, 0.3) is 0 Å². The van der Waals surface area contributed by atoms with Crippen LogP contribution in [0, 0.1) is 0 Å². The van der Waals surface area contributed by atoms with Gasteiger partial charge in [-0.1, -0.05) is 0 Å². The van der Waals surface area contributed by atoms with Crippen molar-refractivity contribution in [2.75, 3.05) is 0 Å². The Hall–Kier alpha value is -1.32. The summed E-state index contributed by atoms with van der Waals surface area (Å²) in [6.07, 6.45) is 4.24. The first-order valence-electron chi connectivity index (χ1n) is 4.54. The number of primary amides is 1. The molecule has 0 aromatic carbocycles. The molecular formula is C9H13N3O.